The second-order valence-electron chi connectivity index (χ2n) is 5.08. The minimum Gasteiger partial charge on any atom is -0.369 e. The van der Waals surface area contributed by atoms with Gasteiger partial charge in [0.25, 0.3) is 0 Å². The number of piperazine rings is 1. The molecule has 1 fully saturated rings. The number of nitrogens with zero attached hydrogens (tertiary/aromatic N) is 2. The Morgan fingerprint density at radius 1 is 1.33 bits per heavy atom. The maximum Gasteiger partial charge on any atom is 0.231 e. The first kappa shape index (κ1) is 12.9. The lowest BCUT2D eigenvalue weighted by molar-refractivity contribution is -0.119. The summed E-state index contributed by atoms with van der Waals surface area (Å²) >= 11 is 0. The highest BCUT2D eigenvalue weighted by molar-refractivity contribution is 5.76. The van der Waals surface area contributed by atoms with Gasteiger partial charge in [-0.1, -0.05) is 17.7 Å². The Balaban J connectivity index is 2.01. The molecule has 0 aliphatic carbocycles. The second-order valence-corrected chi connectivity index (χ2v) is 5.08. The normalized spacial score (nSPS) is 21.0. The highest BCUT2D eigenvalue weighted by Gasteiger charge is 2.24. The summed E-state index contributed by atoms with van der Waals surface area (Å²) in [6, 6.07) is 9.00. The van der Waals surface area contributed by atoms with Crippen molar-refractivity contribution in [2.24, 2.45) is 5.73 Å². The Morgan fingerprint density at radius 3 is 2.56 bits per heavy atom. The Bertz CT molecular complexity index is 416. The predicted octanol–water partition coefficient (Wildman–Crippen LogP) is 0.991. The third kappa shape index (κ3) is 3.01. The van der Waals surface area contributed by atoms with Crippen LogP contribution in [0.15, 0.2) is 24.3 Å². The second kappa shape index (κ2) is 5.40. The monoisotopic (exact) mass is 247 g/mol. The lowest BCUT2D eigenvalue weighted by atomic mass is 10.1. The fourth-order valence-corrected chi connectivity index (χ4v) is 2.52. The average Bonchev–Trinajstić information content (AvgIpc) is 2.30. The molecule has 98 valence electrons. The van der Waals surface area contributed by atoms with Crippen LogP contribution in [0, 0.1) is 6.92 Å². The summed E-state index contributed by atoms with van der Waals surface area (Å²) in [6.07, 6.45) is 0. The highest BCUT2D eigenvalue weighted by atomic mass is 16.1. The molecule has 1 aromatic rings. The minimum absolute atomic E-state index is 0.244. The molecule has 2 N–H and O–H groups in total. The number of aryl methyl sites for hydroxylation is 1. The number of hydrogen-bond donors (Lipinski definition) is 1. The Labute approximate surface area is 108 Å². The van der Waals surface area contributed by atoms with Crippen LogP contribution in [0.1, 0.15) is 12.5 Å². The first-order valence-electron chi connectivity index (χ1n) is 6.40. The third-order valence-corrected chi connectivity index (χ3v) is 3.46. The Morgan fingerprint density at radius 2 is 2.00 bits per heavy atom. The largest absolute Gasteiger partial charge is 0.369 e. The van der Waals surface area contributed by atoms with Gasteiger partial charge in [-0.2, -0.15) is 0 Å². The van der Waals surface area contributed by atoms with Crippen LogP contribution in [0.25, 0.3) is 0 Å². The van der Waals surface area contributed by atoms with E-state index in [4.69, 9.17) is 5.73 Å². The molecular weight excluding hydrogens is 226 g/mol. The standard InChI is InChI=1S/C14H21N3O/c1-11-3-5-13(6-4-11)17-8-7-16(9-12(17)2)10-14(15)18/h3-6,12H,7-10H2,1-2H3,(H2,15,18)/t12-/m1/s1. The van der Waals surface area contributed by atoms with Crippen LogP contribution in [-0.2, 0) is 4.79 Å². The van der Waals surface area contributed by atoms with E-state index in [2.05, 4.69) is 47.9 Å². The van der Waals surface area contributed by atoms with Gasteiger partial charge >= 0.3 is 0 Å². The molecule has 1 saturated heterocycles. The van der Waals surface area contributed by atoms with Gasteiger partial charge in [-0.3, -0.25) is 9.69 Å². The molecule has 4 nitrogen and oxygen atoms in total. The van der Waals surface area contributed by atoms with Gasteiger partial charge in [0.15, 0.2) is 0 Å². The van der Waals surface area contributed by atoms with Crippen molar-refractivity contribution in [3.63, 3.8) is 0 Å². The van der Waals surface area contributed by atoms with Crippen molar-refractivity contribution >= 4 is 11.6 Å². The summed E-state index contributed by atoms with van der Waals surface area (Å²) in [5.74, 6) is -0.244. The van der Waals surface area contributed by atoms with E-state index in [1.54, 1.807) is 0 Å². The summed E-state index contributed by atoms with van der Waals surface area (Å²) < 4.78 is 0. The van der Waals surface area contributed by atoms with Gasteiger partial charge in [0.2, 0.25) is 5.91 Å². The van der Waals surface area contributed by atoms with Gasteiger partial charge in [0.05, 0.1) is 6.54 Å². The number of primary amides is 1. The Kier molecular flexibility index (Phi) is 3.87. The zero-order chi connectivity index (χ0) is 13.1. The molecule has 1 amide bonds. The van der Waals surface area contributed by atoms with E-state index in [-0.39, 0.29) is 5.91 Å². The van der Waals surface area contributed by atoms with E-state index >= 15 is 0 Å². The van der Waals surface area contributed by atoms with Crippen molar-refractivity contribution in [2.75, 3.05) is 31.1 Å². The molecule has 0 aromatic heterocycles. The molecule has 0 bridgehead atoms. The van der Waals surface area contributed by atoms with E-state index in [1.807, 2.05) is 0 Å². The molecule has 0 unspecified atom stereocenters. The average molecular weight is 247 g/mol. The molecule has 1 aliphatic heterocycles. The van der Waals surface area contributed by atoms with E-state index in [1.165, 1.54) is 11.3 Å². The van der Waals surface area contributed by atoms with Gasteiger partial charge in [-0.05, 0) is 26.0 Å². The van der Waals surface area contributed by atoms with Crippen LogP contribution in [0.5, 0.6) is 0 Å². The molecule has 4 heteroatoms. The van der Waals surface area contributed by atoms with Crippen molar-refractivity contribution in [3.8, 4) is 0 Å². The predicted molar refractivity (Wildman–Crippen MR) is 73.6 cm³/mol. The van der Waals surface area contributed by atoms with E-state index in [0.717, 1.165) is 19.6 Å². The van der Waals surface area contributed by atoms with Crippen LogP contribution in [0.2, 0.25) is 0 Å². The lowest BCUT2D eigenvalue weighted by Crippen LogP contribution is -2.53. The molecule has 1 aliphatic rings. The molecular formula is C14H21N3O. The molecule has 18 heavy (non-hydrogen) atoms. The quantitative estimate of drug-likeness (QED) is 0.866. The van der Waals surface area contributed by atoms with Crippen molar-refractivity contribution < 1.29 is 4.79 Å². The molecule has 0 saturated carbocycles. The van der Waals surface area contributed by atoms with Crippen molar-refractivity contribution in [2.45, 2.75) is 19.9 Å². The minimum atomic E-state index is -0.244. The Hall–Kier alpha value is -1.55. The number of anilines is 1. The van der Waals surface area contributed by atoms with E-state index in [0.29, 0.717) is 12.6 Å². The molecule has 0 radical (unpaired) electrons. The summed E-state index contributed by atoms with van der Waals surface area (Å²) in [7, 11) is 0. The number of carbonyl (C=O) groups is 1. The SMILES string of the molecule is Cc1ccc(N2CCN(CC(N)=O)C[C@H]2C)cc1. The van der Waals surface area contributed by atoms with Crippen LogP contribution in [-0.4, -0.2) is 43.0 Å². The van der Waals surface area contributed by atoms with Gasteiger partial charge < -0.3 is 10.6 Å². The number of amides is 1. The first-order chi connectivity index (χ1) is 8.56. The number of rotatable bonds is 3. The van der Waals surface area contributed by atoms with E-state index in [9.17, 15) is 4.79 Å². The summed E-state index contributed by atoms with van der Waals surface area (Å²) in [5.41, 5.74) is 7.77. The highest BCUT2D eigenvalue weighted by Crippen LogP contribution is 2.20. The van der Waals surface area contributed by atoms with Crippen molar-refractivity contribution in [1.29, 1.82) is 0 Å². The molecule has 1 aromatic carbocycles. The van der Waals surface area contributed by atoms with Gasteiger partial charge in [0.1, 0.15) is 0 Å². The van der Waals surface area contributed by atoms with Crippen LogP contribution in [0.4, 0.5) is 5.69 Å². The van der Waals surface area contributed by atoms with Crippen LogP contribution in [0.3, 0.4) is 0 Å². The topological polar surface area (TPSA) is 49.6 Å². The molecule has 2 rings (SSSR count). The smallest absolute Gasteiger partial charge is 0.231 e. The summed E-state index contributed by atoms with van der Waals surface area (Å²) in [4.78, 5) is 15.4. The van der Waals surface area contributed by atoms with Crippen molar-refractivity contribution in [3.05, 3.63) is 29.8 Å². The fourth-order valence-electron chi connectivity index (χ4n) is 2.52. The maximum absolute atomic E-state index is 10.9. The van der Waals surface area contributed by atoms with E-state index < -0.39 is 0 Å². The third-order valence-electron chi connectivity index (χ3n) is 3.46. The number of benzene rings is 1. The van der Waals surface area contributed by atoms with Gasteiger partial charge in [0, 0.05) is 31.4 Å². The van der Waals surface area contributed by atoms with Gasteiger partial charge in [-0.15, -0.1) is 0 Å². The zero-order valence-corrected chi connectivity index (χ0v) is 11.1. The molecule has 1 atom stereocenters. The number of nitrogens with two attached hydrogens (primary N) is 1. The van der Waals surface area contributed by atoms with Gasteiger partial charge in [-0.25, -0.2) is 0 Å². The molecule has 0 spiro atoms. The first-order valence-corrected chi connectivity index (χ1v) is 6.40. The summed E-state index contributed by atoms with van der Waals surface area (Å²) in [6.45, 7) is 7.37. The van der Waals surface area contributed by atoms with Crippen LogP contribution < -0.4 is 10.6 Å². The van der Waals surface area contributed by atoms with Crippen LogP contribution >= 0.6 is 0 Å². The maximum atomic E-state index is 10.9. The number of carbonyl (C=O) groups excluding carboxylic acids is 1. The number of hydrogen-bond acceptors (Lipinski definition) is 3. The fraction of sp³-hybridized carbons (Fsp3) is 0.500. The zero-order valence-electron chi connectivity index (χ0n) is 11.1. The summed E-state index contributed by atoms with van der Waals surface area (Å²) in [5, 5.41) is 0. The van der Waals surface area contributed by atoms with Crippen molar-refractivity contribution in [1.82, 2.24) is 4.90 Å². The lowest BCUT2D eigenvalue weighted by Gasteiger charge is -2.40. The molecule has 1 heterocycles.